The molecule has 31 heavy (non-hydrogen) atoms. The summed E-state index contributed by atoms with van der Waals surface area (Å²) in [6.07, 6.45) is 4.65. The number of benzene rings is 1. The van der Waals surface area contributed by atoms with E-state index in [9.17, 15) is 4.79 Å². The third-order valence-corrected chi connectivity index (χ3v) is 5.26. The number of aliphatic imine (C=N–C) groups is 1. The summed E-state index contributed by atoms with van der Waals surface area (Å²) >= 11 is 0. The average molecular weight is 539 g/mol. The Bertz CT molecular complexity index is 800. The molecule has 170 valence electrons. The molecule has 1 aromatic carbocycles. The molecule has 2 aromatic rings. The minimum atomic E-state index is 0. The topological polar surface area (TPSA) is 77.8 Å². The van der Waals surface area contributed by atoms with Crippen LogP contribution in [0.2, 0.25) is 0 Å². The Hall–Kier alpha value is -2.14. The molecule has 8 nitrogen and oxygen atoms in total. The molecule has 0 atom stereocenters. The van der Waals surface area contributed by atoms with Gasteiger partial charge < -0.3 is 15.5 Å². The Labute approximate surface area is 202 Å². The summed E-state index contributed by atoms with van der Waals surface area (Å²) in [6, 6.07) is 10.4. The SMILES string of the molecule is CCNC(=NCCN1CCN(C(C)=O)CC1)NCCc1ccc(-n2cccn2)cc1.I. The largest absolute Gasteiger partial charge is 0.357 e. The first-order valence-corrected chi connectivity index (χ1v) is 10.7. The Balaban J connectivity index is 0.00000341. The predicted octanol–water partition coefficient (Wildman–Crippen LogP) is 1.75. The molecule has 3 rings (SSSR count). The lowest BCUT2D eigenvalue weighted by molar-refractivity contribution is -0.130. The van der Waals surface area contributed by atoms with Crippen LogP contribution in [0.5, 0.6) is 0 Å². The molecule has 0 aliphatic carbocycles. The van der Waals surface area contributed by atoms with Crippen LogP contribution in [0.1, 0.15) is 19.4 Å². The van der Waals surface area contributed by atoms with E-state index in [0.29, 0.717) is 0 Å². The summed E-state index contributed by atoms with van der Waals surface area (Å²) in [5.41, 5.74) is 2.34. The fraction of sp³-hybridized carbons (Fsp3) is 0.500. The zero-order chi connectivity index (χ0) is 21.2. The molecule has 1 aliphatic rings. The van der Waals surface area contributed by atoms with Gasteiger partial charge in [0.15, 0.2) is 5.96 Å². The number of nitrogens with zero attached hydrogens (tertiary/aromatic N) is 5. The standard InChI is InChI=1S/C22H33N7O.HI/c1-3-23-22(25-12-14-27-15-17-28(18-16-27)19(2)30)24-11-9-20-5-7-21(8-6-20)29-13-4-10-26-29;/h4-8,10,13H,3,9,11-12,14-18H2,1-2H3,(H2,23,24,25);1H. The summed E-state index contributed by atoms with van der Waals surface area (Å²) in [6.45, 7) is 10.5. The molecule has 0 radical (unpaired) electrons. The number of nitrogens with one attached hydrogen (secondary N) is 2. The average Bonchev–Trinajstić information content (AvgIpc) is 3.29. The van der Waals surface area contributed by atoms with Gasteiger partial charge in [0, 0.05) is 65.1 Å². The van der Waals surface area contributed by atoms with Crippen molar-refractivity contribution in [2.75, 3.05) is 52.4 Å². The summed E-state index contributed by atoms with van der Waals surface area (Å²) < 4.78 is 1.86. The number of piperazine rings is 1. The van der Waals surface area contributed by atoms with Crippen LogP contribution in [0.25, 0.3) is 5.69 Å². The van der Waals surface area contributed by atoms with E-state index in [2.05, 4.69) is 51.8 Å². The van der Waals surface area contributed by atoms with Crippen molar-refractivity contribution >= 4 is 35.8 Å². The number of amides is 1. The van der Waals surface area contributed by atoms with Crippen LogP contribution in [0.4, 0.5) is 0 Å². The van der Waals surface area contributed by atoms with Gasteiger partial charge in [0.2, 0.25) is 5.91 Å². The highest BCUT2D eigenvalue weighted by Gasteiger charge is 2.17. The Kier molecular flexibility index (Phi) is 10.8. The van der Waals surface area contributed by atoms with Crippen molar-refractivity contribution < 1.29 is 4.79 Å². The molecule has 1 saturated heterocycles. The second-order valence-corrected chi connectivity index (χ2v) is 7.40. The van der Waals surface area contributed by atoms with E-state index >= 15 is 0 Å². The van der Waals surface area contributed by atoms with E-state index in [1.165, 1.54) is 5.56 Å². The number of guanidine groups is 1. The van der Waals surface area contributed by atoms with Gasteiger partial charge in [-0.05, 0) is 37.1 Å². The van der Waals surface area contributed by atoms with Gasteiger partial charge in [-0.1, -0.05) is 12.1 Å². The second-order valence-electron chi connectivity index (χ2n) is 7.40. The molecule has 0 spiro atoms. The number of rotatable bonds is 8. The van der Waals surface area contributed by atoms with Crippen LogP contribution < -0.4 is 10.6 Å². The summed E-state index contributed by atoms with van der Waals surface area (Å²) in [7, 11) is 0. The Morgan fingerprint density at radius 1 is 1.13 bits per heavy atom. The molecular weight excluding hydrogens is 505 g/mol. The Morgan fingerprint density at radius 3 is 2.48 bits per heavy atom. The van der Waals surface area contributed by atoms with Crippen molar-refractivity contribution in [2.45, 2.75) is 20.3 Å². The molecule has 1 amide bonds. The van der Waals surface area contributed by atoms with E-state index in [1.54, 1.807) is 13.1 Å². The first-order valence-electron chi connectivity index (χ1n) is 10.7. The van der Waals surface area contributed by atoms with E-state index in [4.69, 9.17) is 4.99 Å². The molecule has 2 N–H and O–H groups in total. The van der Waals surface area contributed by atoms with Crippen LogP contribution in [-0.2, 0) is 11.2 Å². The zero-order valence-electron chi connectivity index (χ0n) is 18.5. The normalized spacial score (nSPS) is 14.8. The molecule has 1 fully saturated rings. The lowest BCUT2D eigenvalue weighted by atomic mass is 10.1. The summed E-state index contributed by atoms with van der Waals surface area (Å²) in [5.74, 6) is 1.02. The van der Waals surface area contributed by atoms with Crippen molar-refractivity contribution in [3.8, 4) is 5.69 Å². The number of aromatic nitrogens is 2. The number of halogens is 1. The first kappa shape index (κ1) is 25.1. The van der Waals surface area contributed by atoms with Crippen molar-refractivity contribution in [3.05, 3.63) is 48.3 Å². The maximum atomic E-state index is 11.4. The zero-order valence-corrected chi connectivity index (χ0v) is 20.8. The number of carbonyl (C=O) groups excluding carboxylic acids is 1. The van der Waals surface area contributed by atoms with Crippen LogP contribution in [0.3, 0.4) is 0 Å². The number of hydrogen-bond donors (Lipinski definition) is 2. The van der Waals surface area contributed by atoms with E-state index in [-0.39, 0.29) is 29.9 Å². The van der Waals surface area contributed by atoms with Crippen LogP contribution in [0.15, 0.2) is 47.7 Å². The molecule has 1 aliphatic heterocycles. The maximum absolute atomic E-state index is 11.4. The molecular formula is C22H34IN7O. The number of carbonyl (C=O) groups is 1. The van der Waals surface area contributed by atoms with Gasteiger partial charge in [-0.25, -0.2) is 4.68 Å². The molecule has 2 heterocycles. The lowest BCUT2D eigenvalue weighted by Gasteiger charge is -2.33. The highest BCUT2D eigenvalue weighted by Crippen LogP contribution is 2.08. The van der Waals surface area contributed by atoms with E-state index in [0.717, 1.165) is 70.4 Å². The third-order valence-electron chi connectivity index (χ3n) is 5.26. The molecule has 9 heteroatoms. The summed E-state index contributed by atoms with van der Waals surface area (Å²) in [5, 5.41) is 11.0. The van der Waals surface area contributed by atoms with Crippen LogP contribution in [-0.4, -0.2) is 83.8 Å². The molecule has 0 saturated carbocycles. The highest BCUT2D eigenvalue weighted by atomic mass is 127. The highest BCUT2D eigenvalue weighted by molar-refractivity contribution is 14.0. The lowest BCUT2D eigenvalue weighted by Crippen LogP contribution is -2.48. The smallest absolute Gasteiger partial charge is 0.219 e. The first-order chi connectivity index (χ1) is 14.7. The molecule has 0 unspecified atom stereocenters. The van der Waals surface area contributed by atoms with Gasteiger partial charge in [-0.15, -0.1) is 24.0 Å². The second kappa shape index (κ2) is 13.3. The fourth-order valence-corrected chi connectivity index (χ4v) is 3.49. The quantitative estimate of drug-likeness (QED) is 0.304. The van der Waals surface area contributed by atoms with Gasteiger partial charge >= 0.3 is 0 Å². The predicted molar refractivity (Wildman–Crippen MR) is 135 cm³/mol. The minimum Gasteiger partial charge on any atom is -0.357 e. The fourth-order valence-electron chi connectivity index (χ4n) is 3.49. The molecule has 0 bridgehead atoms. The van der Waals surface area contributed by atoms with Gasteiger partial charge in [-0.3, -0.25) is 14.7 Å². The van der Waals surface area contributed by atoms with Crippen molar-refractivity contribution in [1.29, 1.82) is 0 Å². The third kappa shape index (κ3) is 8.13. The maximum Gasteiger partial charge on any atom is 0.219 e. The van der Waals surface area contributed by atoms with Gasteiger partial charge in [-0.2, -0.15) is 5.10 Å². The molecule has 1 aromatic heterocycles. The van der Waals surface area contributed by atoms with Crippen LogP contribution >= 0.6 is 24.0 Å². The Morgan fingerprint density at radius 2 is 1.87 bits per heavy atom. The monoisotopic (exact) mass is 539 g/mol. The number of hydrogen-bond acceptors (Lipinski definition) is 4. The van der Waals surface area contributed by atoms with E-state index in [1.807, 2.05) is 21.8 Å². The van der Waals surface area contributed by atoms with Gasteiger partial charge in [0.1, 0.15) is 0 Å². The van der Waals surface area contributed by atoms with Crippen molar-refractivity contribution in [3.63, 3.8) is 0 Å². The van der Waals surface area contributed by atoms with Crippen molar-refractivity contribution in [1.82, 2.24) is 30.2 Å². The van der Waals surface area contributed by atoms with Crippen molar-refractivity contribution in [2.24, 2.45) is 4.99 Å². The van der Waals surface area contributed by atoms with Gasteiger partial charge in [0.05, 0.1) is 12.2 Å². The van der Waals surface area contributed by atoms with E-state index < -0.39 is 0 Å². The van der Waals surface area contributed by atoms with Gasteiger partial charge in [0.25, 0.3) is 0 Å². The summed E-state index contributed by atoms with van der Waals surface area (Å²) in [4.78, 5) is 20.4. The van der Waals surface area contributed by atoms with Crippen LogP contribution in [0, 0.1) is 0 Å². The minimum absolute atomic E-state index is 0.